The highest BCUT2D eigenvalue weighted by Gasteiger charge is 2.28. The Morgan fingerprint density at radius 2 is 1.09 bits per heavy atom. The van der Waals surface area contributed by atoms with E-state index < -0.39 is 0 Å². The Hall–Kier alpha value is -7.63. The molecule has 3 aromatic heterocycles. The molecule has 5 heteroatoms. The van der Waals surface area contributed by atoms with E-state index in [1.807, 2.05) is 66.7 Å². The smallest absolute Gasteiger partial charge is 0.167 e. The van der Waals surface area contributed by atoms with Crippen LogP contribution >= 0.6 is 0 Å². The zero-order valence-corrected chi connectivity index (χ0v) is 31.4. The lowest BCUT2D eigenvalue weighted by Crippen LogP contribution is -2.13. The van der Waals surface area contributed by atoms with Crippen molar-refractivity contribution in [1.29, 1.82) is 0 Å². The molecule has 1 unspecified atom stereocenters. The van der Waals surface area contributed by atoms with E-state index in [1.165, 1.54) is 55.3 Å². The number of nitrogens with zero attached hydrogens (tertiary/aromatic N) is 4. The van der Waals surface area contributed by atoms with E-state index in [0.29, 0.717) is 17.5 Å². The zero-order chi connectivity index (χ0) is 38.2. The van der Waals surface area contributed by atoms with E-state index in [9.17, 15) is 0 Å². The van der Waals surface area contributed by atoms with Gasteiger partial charge >= 0.3 is 0 Å². The van der Waals surface area contributed by atoms with Crippen molar-refractivity contribution in [3.63, 3.8) is 0 Å². The van der Waals surface area contributed by atoms with E-state index in [0.717, 1.165) is 45.0 Å². The Kier molecular flexibility index (Phi) is 7.29. The summed E-state index contributed by atoms with van der Waals surface area (Å²) >= 11 is 0. The second kappa shape index (κ2) is 13.0. The molecule has 0 aliphatic heterocycles. The summed E-state index contributed by atoms with van der Waals surface area (Å²) in [6.45, 7) is 0. The lowest BCUT2D eigenvalue weighted by molar-refractivity contribution is 0.669. The molecule has 12 rings (SSSR count). The van der Waals surface area contributed by atoms with E-state index in [2.05, 4.69) is 126 Å². The van der Waals surface area contributed by atoms with Crippen molar-refractivity contribution in [2.24, 2.45) is 0 Å². The highest BCUT2D eigenvalue weighted by Crippen LogP contribution is 2.47. The van der Waals surface area contributed by atoms with Gasteiger partial charge in [0, 0.05) is 44.3 Å². The van der Waals surface area contributed by atoms with Crippen LogP contribution in [0.1, 0.15) is 22.6 Å². The summed E-state index contributed by atoms with van der Waals surface area (Å²) in [6, 6.07) is 66.5. The number of hydrogen-bond acceptors (Lipinski definition) is 4. The maximum absolute atomic E-state index is 6.73. The second-order valence-corrected chi connectivity index (χ2v) is 15.1. The van der Waals surface area contributed by atoms with Gasteiger partial charge in [-0.25, -0.2) is 15.0 Å². The number of benzene rings is 8. The molecular formula is C53H34N4O. The summed E-state index contributed by atoms with van der Waals surface area (Å²) in [4.78, 5) is 15.0. The number of aromatic nitrogens is 4. The molecule has 0 spiro atoms. The van der Waals surface area contributed by atoms with Gasteiger partial charge in [-0.15, -0.1) is 0 Å². The fourth-order valence-electron chi connectivity index (χ4n) is 9.14. The minimum Gasteiger partial charge on any atom is -0.455 e. The van der Waals surface area contributed by atoms with Crippen LogP contribution in [0.15, 0.2) is 192 Å². The number of rotatable bonds is 5. The molecule has 272 valence electrons. The molecule has 0 bridgehead atoms. The lowest BCUT2D eigenvalue weighted by atomic mass is 9.75. The summed E-state index contributed by atoms with van der Waals surface area (Å²) in [7, 11) is 0. The van der Waals surface area contributed by atoms with Crippen molar-refractivity contribution in [2.45, 2.75) is 12.3 Å². The Bertz CT molecular complexity index is 3310. The Balaban J connectivity index is 1.00. The van der Waals surface area contributed by atoms with Gasteiger partial charge in [0.25, 0.3) is 0 Å². The van der Waals surface area contributed by atoms with Gasteiger partial charge in [0.15, 0.2) is 17.5 Å². The van der Waals surface area contributed by atoms with Gasteiger partial charge in [0.1, 0.15) is 11.2 Å². The quantitative estimate of drug-likeness (QED) is 0.176. The number of furan rings is 1. The fraction of sp³-hybridized carbons (Fsp3) is 0.0377. The molecule has 0 saturated carbocycles. The van der Waals surface area contributed by atoms with Crippen LogP contribution < -0.4 is 0 Å². The summed E-state index contributed by atoms with van der Waals surface area (Å²) in [5, 5.41) is 4.66. The van der Waals surface area contributed by atoms with E-state index in [1.54, 1.807) is 0 Å². The second-order valence-electron chi connectivity index (χ2n) is 15.1. The van der Waals surface area contributed by atoms with E-state index in [4.69, 9.17) is 19.4 Å². The van der Waals surface area contributed by atoms with Gasteiger partial charge in [-0.3, -0.25) is 0 Å². The highest BCUT2D eigenvalue weighted by molar-refractivity contribution is 6.12. The van der Waals surface area contributed by atoms with Crippen LogP contribution in [0, 0.1) is 0 Å². The van der Waals surface area contributed by atoms with Crippen LogP contribution in [0.25, 0.3) is 94.7 Å². The number of para-hydroxylation sites is 3. The Morgan fingerprint density at radius 3 is 1.86 bits per heavy atom. The van der Waals surface area contributed by atoms with Crippen LogP contribution in [-0.2, 0) is 6.42 Å². The number of hydrogen-bond donors (Lipinski definition) is 0. The lowest BCUT2D eigenvalue weighted by Gasteiger charge is -2.29. The third kappa shape index (κ3) is 5.14. The average Bonchev–Trinajstić information content (AvgIpc) is 3.84. The monoisotopic (exact) mass is 742 g/mol. The van der Waals surface area contributed by atoms with Crippen LogP contribution in [-0.4, -0.2) is 19.5 Å². The van der Waals surface area contributed by atoms with Gasteiger partial charge in [-0.05, 0) is 82.8 Å². The molecule has 0 radical (unpaired) electrons. The van der Waals surface area contributed by atoms with E-state index >= 15 is 0 Å². The first kappa shape index (κ1) is 32.6. The Morgan fingerprint density at radius 1 is 0.448 bits per heavy atom. The maximum Gasteiger partial charge on any atom is 0.167 e. The predicted octanol–water partition coefficient (Wildman–Crippen LogP) is 13.2. The van der Waals surface area contributed by atoms with Crippen molar-refractivity contribution in [2.75, 3.05) is 0 Å². The van der Waals surface area contributed by atoms with Gasteiger partial charge in [-0.2, -0.15) is 0 Å². The first-order chi connectivity index (χ1) is 28.7. The van der Waals surface area contributed by atoms with Gasteiger partial charge in [0.2, 0.25) is 0 Å². The fourth-order valence-corrected chi connectivity index (χ4v) is 9.14. The minimum absolute atomic E-state index is 0.165. The van der Waals surface area contributed by atoms with Crippen LogP contribution in [0.2, 0.25) is 0 Å². The molecule has 5 nitrogen and oxygen atoms in total. The van der Waals surface area contributed by atoms with Crippen molar-refractivity contribution in [3.8, 4) is 51.0 Å². The summed E-state index contributed by atoms with van der Waals surface area (Å²) < 4.78 is 9.14. The number of fused-ring (bicyclic) bond motifs is 9. The van der Waals surface area contributed by atoms with Gasteiger partial charge in [0.05, 0.1) is 16.6 Å². The SMILES string of the molecule is c1ccc(-c2nc(-c3ccccc3)nc(-c3cccc4c3oc3ccc(C5Cc6cc7c(cc6-c6ccccc65)c5ccccc5n7-c5ccccc5)cc34)n2)cc1. The van der Waals surface area contributed by atoms with Crippen LogP contribution in [0.4, 0.5) is 0 Å². The van der Waals surface area contributed by atoms with Crippen molar-refractivity contribution in [1.82, 2.24) is 19.5 Å². The van der Waals surface area contributed by atoms with Gasteiger partial charge in [-0.1, -0.05) is 140 Å². The first-order valence-electron chi connectivity index (χ1n) is 19.8. The largest absolute Gasteiger partial charge is 0.455 e. The topological polar surface area (TPSA) is 56.7 Å². The minimum atomic E-state index is 0.165. The zero-order valence-electron chi connectivity index (χ0n) is 31.4. The molecule has 0 amide bonds. The molecule has 3 heterocycles. The summed E-state index contributed by atoms with van der Waals surface area (Å²) in [5.74, 6) is 1.99. The first-order valence-corrected chi connectivity index (χ1v) is 19.8. The molecule has 0 saturated heterocycles. The van der Waals surface area contributed by atoms with Crippen LogP contribution in [0.3, 0.4) is 0 Å². The predicted molar refractivity (Wildman–Crippen MR) is 235 cm³/mol. The normalized spacial score (nSPS) is 13.6. The molecule has 1 aliphatic carbocycles. The molecule has 11 aromatic rings. The van der Waals surface area contributed by atoms with Crippen molar-refractivity contribution < 1.29 is 4.42 Å². The Labute approximate surface area is 334 Å². The summed E-state index contributed by atoms with van der Waals surface area (Å²) in [6.07, 6.45) is 0.889. The summed E-state index contributed by atoms with van der Waals surface area (Å²) in [5.41, 5.74) is 14.5. The highest BCUT2D eigenvalue weighted by atomic mass is 16.3. The molecular weight excluding hydrogens is 709 g/mol. The van der Waals surface area contributed by atoms with Gasteiger partial charge < -0.3 is 8.98 Å². The van der Waals surface area contributed by atoms with Crippen molar-refractivity contribution in [3.05, 3.63) is 205 Å². The standard InChI is InChI=1S/C53H34N4O/c1-4-15-33(16-5-1)51-54-52(34-17-6-2-7-18-34)56-53(55-51)42-25-14-24-41-46-29-35(27-28-49(46)58-50(41)42)43-30-36-31-48-45(32-44(36)39-22-11-10-21-38(39)43)40-23-12-13-26-47(40)57(48)37-19-8-3-9-20-37/h1-29,31-32,43H,30H2. The third-order valence-corrected chi connectivity index (χ3v) is 11.8. The molecule has 1 aliphatic rings. The molecule has 8 aromatic carbocycles. The maximum atomic E-state index is 6.73. The molecule has 0 fully saturated rings. The van der Waals surface area contributed by atoms with E-state index in [-0.39, 0.29) is 5.92 Å². The van der Waals surface area contributed by atoms with Crippen LogP contribution in [0.5, 0.6) is 0 Å². The molecule has 0 N–H and O–H groups in total. The molecule has 58 heavy (non-hydrogen) atoms. The van der Waals surface area contributed by atoms with Crippen molar-refractivity contribution >= 4 is 43.7 Å². The average molecular weight is 743 g/mol. The third-order valence-electron chi connectivity index (χ3n) is 11.8. The molecule has 1 atom stereocenters.